The molecule has 2 aliphatic heterocycles. The number of piperidine rings is 1. The Hall–Kier alpha value is -2.08. The van der Waals surface area contributed by atoms with Crippen LogP contribution < -0.4 is 10.2 Å². The van der Waals surface area contributed by atoms with Gasteiger partial charge in [-0.25, -0.2) is 0 Å². The summed E-state index contributed by atoms with van der Waals surface area (Å²) in [7, 11) is 0. The first kappa shape index (κ1) is 19.7. The van der Waals surface area contributed by atoms with Crippen LogP contribution in [0.15, 0.2) is 24.3 Å². The number of likely N-dealkylation sites (tertiary alicyclic amines) is 1. The molecule has 1 aromatic rings. The lowest BCUT2D eigenvalue weighted by Gasteiger charge is -2.41. The number of piperazine rings is 1. The molecule has 0 aromatic heterocycles. The molecule has 0 aliphatic carbocycles. The predicted octanol–water partition coefficient (Wildman–Crippen LogP) is 1.96. The second-order valence-corrected chi connectivity index (χ2v) is 7.44. The molecule has 2 fully saturated rings. The van der Waals surface area contributed by atoms with E-state index in [1.54, 1.807) is 0 Å². The third kappa shape index (κ3) is 4.61. The number of carbonyl (C=O) groups excluding carboxylic acids is 2. The van der Waals surface area contributed by atoms with Crippen LogP contribution in [0, 0.1) is 0 Å². The van der Waals surface area contributed by atoms with Crippen LogP contribution in [-0.4, -0.2) is 73.5 Å². The van der Waals surface area contributed by atoms with Gasteiger partial charge in [-0.05, 0) is 50.5 Å². The summed E-state index contributed by atoms with van der Waals surface area (Å²) in [5.41, 5.74) is 1.90. The monoisotopic (exact) mass is 372 g/mol. The maximum Gasteiger partial charge on any atom is 0.253 e. The summed E-state index contributed by atoms with van der Waals surface area (Å²) in [4.78, 5) is 31.4. The molecule has 0 bridgehead atoms. The summed E-state index contributed by atoms with van der Waals surface area (Å²) >= 11 is 0. The van der Waals surface area contributed by atoms with Crippen molar-refractivity contribution in [2.24, 2.45) is 0 Å². The van der Waals surface area contributed by atoms with Crippen LogP contribution in [0.5, 0.6) is 0 Å². The van der Waals surface area contributed by atoms with E-state index in [4.69, 9.17) is 0 Å². The van der Waals surface area contributed by atoms with Gasteiger partial charge in [-0.3, -0.25) is 9.59 Å². The number of carbonyl (C=O) groups is 2. The van der Waals surface area contributed by atoms with E-state index in [-0.39, 0.29) is 17.9 Å². The Labute approximate surface area is 162 Å². The van der Waals surface area contributed by atoms with Crippen LogP contribution in [-0.2, 0) is 4.79 Å². The SMILES string of the molecule is CCCN(CC)c1ccc(C(=O)N2CCCC(N3CCNCC3=O)C2)cc1. The van der Waals surface area contributed by atoms with E-state index in [1.807, 2.05) is 34.1 Å². The number of anilines is 1. The van der Waals surface area contributed by atoms with Crippen LogP contribution in [0.4, 0.5) is 5.69 Å². The highest BCUT2D eigenvalue weighted by atomic mass is 16.2. The number of benzene rings is 1. The molecule has 6 nitrogen and oxygen atoms in total. The number of hydrogen-bond donors (Lipinski definition) is 1. The van der Waals surface area contributed by atoms with Gasteiger partial charge < -0.3 is 20.0 Å². The van der Waals surface area contributed by atoms with Crippen molar-refractivity contribution in [2.45, 2.75) is 39.2 Å². The van der Waals surface area contributed by atoms with Crippen LogP contribution in [0.25, 0.3) is 0 Å². The van der Waals surface area contributed by atoms with Crippen LogP contribution in [0.2, 0.25) is 0 Å². The number of nitrogens with zero attached hydrogens (tertiary/aromatic N) is 3. The molecule has 1 N–H and O–H groups in total. The van der Waals surface area contributed by atoms with Gasteiger partial charge in [0.25, 0.3) is 5.91 Å². The first-order valence-electron chi connectivity index (χ1n) is 10.3. The van der Waals surface area contributed by atoms with Gasteiger partial charge in [0, 0.05) is 56.6 Å². The molecule has 1 atom stereocenters. The minimum absolute atomic E-state index is 0.0763. The van der Waals surface area contributed by atoms with Gasteiger partial charge >= 0.3 is 0 Å². The maximum atomic E-state index is 13.0. The highest BCUT2D eigenvalue weighted by Gasteiger charge is 2.31. The second kappa shape index (κ2) is 9.22. The normalized spacial score (nSPS) is 20.7. The largest absolute Gasteiger partial charge is 0.372 e. The summed E-state index contributed by atoms with van der Waals surface area (Å²) in [5, 5.41) is 3.12. The lowest BCUT2D eigenvalue weighted by atomic mass is 10.0. The van der Waals surface area contributed by atoms with E-state index in [1.165, 1.54) is 5.69 Å². The summed E-state index contributed by atoms with van der Waals surface area (Å²) < 4.78 is 0. The Balaban J connectivity index is 1.65. The fourth-order valence-corrected chi connectivity index (χ4v) is 4.14. The van der Waals surface area contributed by atoms with Crippen molar-refractivity contribution in [2.75, 3.05) is 50.7 Å². The molecule has 3 rings (SSSR count). The fraction of sp³-hybridized carbons (Fsp3) is 0.619. The molecule has 0 radical (unpaired) electrons. The van der Waals surface area contributed by atoms with Crippen molar-refractivity contribution in [1.82, 2.24) is 15.1 Å². The maximum absolute atomic E-state index is 13.0. The highest BCUT2D eigenvalue weighted by molar-refractivity contribution is 5.94. The lowest BCUT2D eigenvalue weighted by Crippen LogP contribution is -2.57. The van der Waals surface area contributed by atoms with Gasteiger partial charge in [0.1, 0.15) is 0 Å². The molecule has 0 saturated carbocycles. The van der Waals surface area contributed by atoms with Crippen molar-refractivity contribution in [3.05, 3.63) is 29.8 Å². The Morgan fingerprint density at radius 1 is 1.22 bits per heavy atom. The second-order valence-electron chi connectivity index (χ2n) is 7.44. The van der Waals surface area contributed by atoms with Crippen molar-refractivity contribution in [3.8, 4) is 0 Å². The average molecular weight is 373 g/mol. The van der Waals surface area contributed by atoms with Crippen molar-refractivity contribution < 1.29 is 9.59 Å². The predicted molar refractivity (Wildman–Crippen MR) is 108 cm³/mol. The molecule has 2 heterocycles. The summed E-state index contributed by atoms with van der Waals surface area (Å²) in [6.45, 7) is 9.73. The standard InChI is InChI=1S/C21H32N4O2/c1-3-12-23(4-2)18-9-7-17(8-10-18)21(27)24-13-5-6-19(16-24)25-14-11-22-15-20(25)26/h7-10,19,22H,3-6,11-16H2,1-2H3. The smallest absolute Gasteiger partial charge is 0.253 e. The lowest BCUT2D eigenvalue weighted by molar-refractivity contribution is -0.135. The third-order valence-electron chi connectivity index (χ3n) is 5.61. The molecular formula is C21H32N4O2. The zero-order chi connectivity index (χ0) is 19.2. The topological polar surface area (TPSA) is 55.9 Å². The Morgan fingerprint density at radius 3 is 2.67 bits per heavy atom. The molecule has 0 spiro atoms. The van der Waals surface area contributed by atoms with Gasteiger partial charge in [0.15, 0.2) is 0 Å². The van der Waals surface area contributed by atoms with Crippen LogP contribution in [0.3, 0.4) is 0 Å². The Morgan fingerprint density at radius 2 is 2.00 bits per heavy atom. The summed E-state index contributed by atoms with van der Waals surface area (Å²) in [6.07, 6.45) is 3.04. The first-order valence-corrected chi connectivity index (χ1v) is 10.3. The number of amides is 2. The fourth-order valence-electron chi connectivity index (χ4n) is 4.14. The molecule has 27 heavy (non-hydrogen) atoms. The van der Waals surface area contributed by atoms with Crippen LogP contribution >= 0.6 is 0 Å². The molecule has 1 aromatic carbocycles. The third-order valence-corrected chi connectivity index (χ3v) is 5.61. The van der Waals surface area contributed by atoms with E-state index >= 15 is 0 Å². The van der Waals surface area contributed by atoms with E-state index < -0.39 is 0 Å². The first-order chi connectivity index (χ1) is 13.1. The van der Waals surface area contributed by atoms with Crippen molar-refractivity contribution in [3.63, 3.8) is 0 Å². The van der Waals surface area contributed by atoms with Gasteiger partial charge in [0.2, 0.25) is 5.91 Å². The molecule has 1 unspecified atom stereocenters. The average Bonchev–Trinajstić information content (AvgIpc) is 2.72. The summed E-state index contributed by atoms with van der Waals surface area (Å²) in [6, 6.07) is 8.13. The molecule has 2 amide bonds. The van der Waals surface area contributed by atoms with Gasteiger partial charge in [-0.15, -0.1) is 0 Å². The highest BCUT2D eigenvalue weighted by Crippen LogP contribution is 2.21. The molecular weight excluding hydrogens is 340 g/mol. The zero-order valence-corrected chi connectivity index (χ0v) is 16.6. The number of hydrogen-bond acceptors (Lipinski definition) is 4. The van der Waals surface area contributed by atoms with E-state index in [9.17, 15) is 9.59 Å². The van der Waals surface area contributed by atoms with Gasteiger partial charge in [-0.2, -0.15) is 0 Å². The van der Waals surface area contributed by atoms with E-state index in [2.05, 4.69) is 24.1 Å². The Bertz CT molecular complexity index is 646. The zero-order valence-electron chi connectivity index (χ0n) is 16.6. The number of rotatable bonds is 6. The molecule has 148 valence electrons. The van der Waals surface area contributed by atoms with Gasteiger partial charge in [-0.1, -0.05) is 6.92 Å². The molecule has 2 aliphatic rings. The molecule has 6 heteroatoms. The minimum atomic E-state index is 0.0763. The Kier molecular flexibility index (Phi) is 6.72. The van der Waals surface area contributed by atoms with Crippen molar-refractivity contribution >= 4 is 17.5 Å². The van der Waals surface area contributed by atoms with Gasteiger partial charge in [0.05, 0.1) is 6.54 Å². The molecule has 2 saturated heterocycles. The number of nitrogens with one attached hydrogen (secondary N) is 1. The minimum Gasteiger partial charge on any atom is -0.372 e. The summed E-state index contributed by atoms with van der Waals surface area (Å²) in [5.74, 6) is 0.229. The van der Waals surface area contributed by atoms with Crippen LogP contribution in [0.1, 0.15) is 43.5 Å². The van der Waals surface area contributed by atoms with Crippen molar-refractivity contribution in [1.29, 1.82) is 0 Å². The quantitative estimate of drug-likeness (QED) is 0.829. The van der Waals surface area contributed by atoms with E-state index in [0.29, 0.717) is 13.1 Å². The van der Waals surface area contributed by atoms with E-state index in [0.717, 1.165) is 57.5 Å².